The molecule has 2 aromatic heterocycles. The van der Waals surface area contributed by atoms with Gasteiger partial charge in [-0.25, -0.2) is 4.98 Å². The summed E-state index contributed by atoms with van der Waals surface area (Å²) < 4.78 is 8.44. The molecule has 0 fully saturated rings. The molecule has 0 aliphatic rings. The molecule has 0 saturated heterocycles. The Morgan fingerprint density at radius 1 is 0.375 bits per heavy atom. The van der Waals surface area contributed by atoms with Crippen molar-refractivity contribution in [2.24, 2.45) is 0 Å². The molecule has 0 spiro atoms. The van der Waals surface area contributed by atoms with Gasteiger partial charge >= 0.3 is 0 Å². The van der Waals surface area contributed by atoms with Gasteiger partial charge in [0.1, 0.15) is 5.52 Å². The Kier molecular flexibility index (Phi) is 5.87. The molecule has 0 N–H and O–H groups in total. The summed E-state index contributed by atoms with van der Waals surface area (Å²) in [7, 11) is 0. The first-order chi connectivity index (χ1) is 23.8. The summed E-state index contributed by atoms with van der Waals surface area (Å²) >= 11 is 0. The van der Waals surface area contributed by atoms with Crippen molar-refractivity contribution in [2.45, 2.75) is 0 Å². The van der Waals surface area contributed by atoms with E-state index in [1.165, 1.54) is 60.0 Å². The molecule has 0 aliphatic carbocycles. The average molecular weight is 613 g/mol. The van der Waals surface area contributed by atoms with Gasteiger partial charge in [-0.1, -0.05) is 121 Å². The quantitative estimate of drug-likeness (QED) is 0.185. The van der Waals surface area contributed by atoms with Crippen LogP contribution in [0.3, 0.4) is 0 Å². The lowest BCUT2D eigenvalue weighted by atomic mass is 9.86. The summed E-state index contributed by atoms with van der Waals surface area (Å²) in [6.45, 7) is 0. The van der Waals surface area contributed by atoms with Crippen molar-refractivity contribution in [3.05, 3.63) is 170 Å². The van der Waals surface area contributed by atoms with Crippen LogP contribution in [0.4, 0.5) is 0 Å². The maximum atomic E-state index is 6.07. The van der Waals surface area contributed by atoms with Gasteiger partial charge in [0.05, 0.1) is 11.0 Å². The van der Waals surface area contributed by atoms with Crippen molar-refractivity contribution < 1.29 is 4.42 Å². The molecule has 8 aromatic carbocycles. The Hall–Kier alpha value is -6.45. The number of nitrogens with zero attached hydrogens (tertiary/aromatic N) is 2. The van der Waals surface area contributed by atoms with E-state index in [1.807, 2.05) is 24.3 Å². The Morgan fingerprint density at radius 3 is 1.31 bits per heavy atom. The summed E-state index contributed by atoms with van der Waals surface area (Å²) in [5, 5.41) is 7.47. The molecule has 0 unspecified atom stereocenters. The lowest BCUT2D eigenvalue weighted by Crippen LogP contribution is -1.94. The lowest BCUT2D eigenvalue weighted by Gasteiger charge is -2.18. The number of oxazole rings is 1. The van der Waals surface area contributed by atoms with E-state index in [0.717, 1.165) is 27.9 Å². The van der Waals surface area contributed by atoms with Gasteiger partial charge in [-0.3, -0.25) is 0 Å². The zero-order valence-electron chi connectivity index (χ0n) is 26.0. The van der Waals surface area contributed by atoms with Gasteiger partial charge in [0.25, 0.3) is 0 Å². The summed E-state index contributed by atoms with van der Waals surface area (Å²) in [4.78, 5) is 4.71. The minimum Gasteiger partial charge on any atom is -0.436 e. The van der Waals surface area contributed by atoms with Crippen LogP contribution >= 0.6 is 0 Å². The van der Waals surface area contributed by atoms with Crippen molar-refractivity contribution >= 4 is 54.5 Å². The number of aromatic nitrogens is 2. The number of hydrogen-bond donors (Lipinski definition) is 0. The highest BCUT2D eigenvalue weighted by molar-refractivity contribution is 6.21. The fourth-order valence-electron chi connectivity index (χ4n) is 7.50. The molecule has 0 aliphatic heterocycles. The van der Waals surface area contributed by atoms with Crippen molar-refractivity contribution in [1.82, 2.24) is 9.55 Å². The SMILES string of the molecule is c1ccc2oc(-c3ccc(-c4c5ccccc5c(-c5ccc(-n6c7ccccc7c7ccccc76)cc5)c5ccccc45)cc3)nc2c1. The topological polar surface area (TPSA) is 31.0 Å². The van der Waals surface area contributed by atoms with Gasteiger partial charge < -0.3 is 8.98 Å². The number of para-hydroxylation sites is 4. The molecule has 48 heavy (non-hydrogen) atoms. The minimum atomic E-state index is 0.636. The molecule has 0 radical (unpaired) electrons. The van der Waals surface area contributed by atoms with Gasteiger partial charge in [-0.15, -0.1) is 0 Å². The second kappa shape index (κ2) is 10.5. The molecule has 0 amide bonds. The standard InChI is InChI=1S/C45H28N2O/c1-3-15-37-35(13-1)43(29-21-23-31(24-22-29)45-46-39-17-7-10-20-42(39)48-45)36-14-2-4-16-38(36)44(37)30-25-27-32(28-26-30)47-40-18-8-5-11-33(40)34-12-6-9-19-41(34)47/h1-28H. The lowest BCUT2D eigenvalue weighted by molar-refractivity contribution is 0.620. The molecule has 2 heterocycles. The molecular formula is C45H28N2O. The smallest absolute Gasteiger partial charge is 0.227 e. The summed E-state index contributed by atoms with van der Waals surface area (Å²) in [6, 6.07) is 60.5. The zero-order chi connectivity index (χ0) is 31.6. The van der Waals surface area contributed by atoms with Crippen molar-refractivity contribution in [3.8, 4) is 39.4 Å². The van der Waals surface area contributed by atoms with Crippen LogP contribution in [0.25, 0.3) is 93.8 Å². The van der Waals surface area contributed by atoms with Gasteiger partial charge in [-0.2, -0.15) is 0 Å². The van der Waals surface area contributed by atoms with E-state index < -0.39 is 0 Å². The first kappa shape index (κ1) is 26.7. The van der Waals surface area contributed by atoms with E-state index in [-0.39, 0.29) is 0 Å². The molecule has 0 saturated carbocycles. The zero-order valence-corrected chi connectivity index (χ0v) is 26.0. The fraction of sp³-hybridized carbons (Fsp3) is 0. The third kappa shape index (κ3) is 4.04. The van der Waals surface area contributed by atoms with Crippen LogP contribution in [-0.2, 0) is 0 Å². The van der Waals surface area contributed by atoms with Crippen molar-refractivity contribution in [1.29, 1.82) is 0 Å². The highest BCUT2D eigenvalue weighted by Gasteiger charge is 2.18. The molecule has 224 valence electrons. The van der Waals surface area contributed by atoms with Crippen LogP contribution in [0.1, 0.15) is 0 Å². The molecule has 0 atom stereocenters. The largest absolute Gasteiger partial charge is 0.436 e. The Morgan fingerprint density at radius 2 is 0.792 bits per heavy atom. The number of fused-ring (bicyclic) bond motifs is 6. The van der Waals surface area contributed by atoms with Crippen LogP contribution < -0.4 is 0 Å². The summed E-state index contributed by atoms with van der Waals surface area (Å²) in [5.41, 5.74) is 11.1. The third-order valence-corrected chi connectivity index (χ3v) is 9.64. The highest BCUT2D eigenvalue weighted by Crippen LogP contribution is 2.44. The number of rotatable bonds is 4. The maximum Gasteiger partial charge on any atom is 0.227 e. The van der Waals surface area contributed by atoms with Crippen LogP contribution in [0.2, 0.25) is 0 Å². The van der Waals surface area contributed by atoms with E-state index in [1.54, 1.807) is 0 Å². The van der Waals surface area contributed by atoms with Gasteiger partial charge in [0.2, 0.25) is 5.89 Å². The van der Waals surface area contributed by atoms with Gasteiger partial charge in [0, 0.05) is 22.0 Å². The first-order valence-electron chi connectivity index (χ1n) is 16.3. The molecule has 3 nitrogen and oxygen atoms in total. The predicted molar refractivity (Wildman–Crippen MR) is 200 cm³/mol. The van der Waals surface area contributed by atoms with Crippen molar-refractivity contribution in [3.63, 3.8) is 0 Å². The van der Waals surface area contributed by atoms with Crippen LogP contribution in [0, 0.1) is 0 Å². The molecular weight excluding hydrogens is 585 g/mol. The number of benzene rings is 8. The Labute approximate surface area is 277 Å². The molecule has 3 heteroatoms. The average Bonchev–Trinajstić information content (AvgIpc) is 3.74. The first-order valence-corrected chi connectivity index (χ1v) is 16.3. The minimum absolute atomic E-state index is 0.636. The second-order valence-corrected chi connectivity index (χ2v) is 12.3. The maximum absolute atomic E-state index is 6.07. The predicted octanol–water partition coefficient (Wildman–Crippen LogP) is 12.2. The summed E-state index contributed by atoms with van der Waals surface area (Å²) in [5.74, 6) is 0.636. The molecule has 10 rings (SSSR count). The number of hydrogen-bond acceptors (Lipinski definition) is 2. The monoisotopic (exact) mass is 612 g/mol. The van der Waals surface area contributed by atoms with Crippen LogP contribution in [-0.4, -0.2) is 9.55 Å². The van der Waals surface area contributed by atoms with Crippen LogP contribution in [0.5, 0.6) is 0 Å². The van der Waals surface area contributed by atoms with Gasteiger partial charge in [-0.05, 0) is 92.3 Å². The van der Waals surface area contributed by atoms with E-state index in [9.17, 15) is 0 Å². The Balaban J connectivity index is 1.13. The summed E-state index contributed by atoms with van der Waals surface area (Å²) in [6.07, 6.45) is 0. The molecule has 10 aromatic rings. The fourth-order valence-corrected chi connectivity index (χ4v) is 7.50. The van der Waals surface area contributed by atoms with Crippen LogP contribution in [0.15, 0.2) is 174 Å². The van der Waals surface area contributed by atoms with E-state index >= 15 is 0 Å². The van der Waals surface area contributed by atoms with E-state index in [0.29, 0.717) is 5.89 Å². The van der Waals surface area contributed by atoms with Crippen molar-refractivity contribution in [2.75, 3.05) is 0 Å². The highest BCUT2D eigenvalue weighted by atomic mass is 16.3. The third-order valence-electron chi connectivity index (χ3n) is 9.64. The van der Waals surface area contributed by atoms with Gasteiger partial charge in [0.15, 0.2) is 5.58 Å². The Bertz CT molecular complexity index is 2680. The second-order valence-electron chi connectivity index (χ2n) is 12.3. The van der Waals surface area contributed by atoms with E-state index in [2.05, 4.69) is 150 Å². The molecule has 0 bridgehead atoms. The normalized spacial score (nSPS) is 11.8. The van der Waals surface area contributed by atoms with E-state index in [4.69, 9.17) is 9.40 Å².